The van der Waals surface area contributed by atoms with Gasteiger partial charge >= 0.3 is 6.61 Å². The number of nitrogens with one attached hydrogen (secondary N) is 1. The highest BCUT2D eigenvalue weighted by Crippen LogP contribution is 2.29. The largest absolute Gasteiger partial charge is 0.490 e. The number of hydrogen-bond acceptors (Lipinski definition) is 5. The van der Waals surface area contributed by atoms with Crippen molar-refractivity contribution in [3.8, 4) is 11.5 Å². The van der Waals surface area contributed by atoms with Crippen LogP contribution in [0, 0.1) is 4.77 Å². The topological polar surface area (TPSA) is 64.4 Å². The molecule has 0 aliphatic carbocycles. The molecule has 24 heavy (non-hydrogen) atoms. The summed E-state index contributed by atoms with van der Waals surface area (Å²) >= 11 is 4.81. The molecule has 1 aromatic heterocycles. The van der Waals surface area contributed by atoms with Crippen molar-refractivity contribution in [2.24, 2.45) is 5.10 Å². The predicted molar refractivity (Wildman–Crippen MR) is 79.6 cm³/mol. The highest BCUT2D eigenvalue weighted by atomic mass is 32.1. The summed E-state index contributed by atoms with van der Waals surface area (Å²) < 4.78 is 60.4. The Bertz CT molecular complexity index is 776. The van der Waals surface area contributed by atoms with Gasteiger partial charge in [-0.05, 0) is 42.9 Å². The zero-order valence-corrected chi connectivity index (χ0v) is 13.1. The Morgan fingerprint density at radius 3 is 2.71 bits per heavy atom. The first-order valence-corrected chi connectivity index (χ1v) is 7.04. The van der Waals surface area contributed by atoms with E-state index in [0.29, 0.717) is 5.56 Å². The second-order valence-corrected chi connectivity index (χ2v) is 4.65. The molecule has 0 bridgehead atoms. The predicted octanol–water partition coefficient (Wildman–Crippen LogP) is 3.76. The van der Waals surface area contributed by atoms with Gasteiger partial charge in [0, 0.05) is 0 Å². The summed E-state index contributed by atoms with van der Waals surface area (Å²) in [6, 6.07) is 4.06. The van der Waals surface area contributed by atoms with Gasteiger partial charge in [-0.15, -0.1) is 0 Å². The Morgan fingerprint density at radius 1 is 1.33 bits per heavy atom. The van der Waals surface area contributed by atoms with Crippen LogP contribution in [-0.4, -0.2) is 34.3 Å². The van der Waals surface area contributed by atoms with Gasteiger partial charge in [-0.25, -0.2) is 13.9 Å². The van der Waals surface area contributed by atoms with E-state index in [9.17, 15) is 17.6 Å². The lowest BCUT2D eigenvalue weighted by molar-refractivity contribution is -0.0514. The fourth-order valence-corrected chi connectivity index (χ4v) is 1.93. The number of aromatic amines is 1. The third kappa shape index (κ3) is 4.31. The molecule has 0 spiro atoms. The van der Waals surface area contributed by atoms with Crippen molar-refractivity contribution >= 4 is 18.4 Å². The van der Waals surface area contributed by atoms with Gasteiger partial charge < -0.3 is 9.47 Å². The maximum Gasteiger partial charge on any atom is 0.387 e. The maximum atomic E-state index is 12.8. The number of hydrogen-bond donors (Lipinski definition) is 1. The summed E-state index contributed by atoms with van der Waals surface area (Å²) in [7, 11) is 0. The Kier molecular flexibility index (Phi) is 5.90. The third-order valence-electron chi connectivity index (χ3n) is 2.68. The normalized spacial score (nSPS) is 11.6. The lowest BCUT2D eigenvalue weighted by atomic mass is 10.2. The molecule has 0 unspecified atom stereocenters. The summed E-state index contributed by atoms with van der Waals surface area (Å²) in [6.07, 6.45) is -1.65. The molecule has 0 radical (unpaired) electrons. The lowest BCUT2D eigenvalue weighted by Crippen LogP contribution is -2.05. The van der Waals surface area contributed by atoms with Gasteiger partial charge in [0.15, 0.2) is 11.5 Å². The fraction of sp³-hybridized carbons (Fsp3) is 0.308. The molecule has 0 atom stereocenters. The molecule has 6 nitrogen and oxygen atoms in total. The molecule has 0 aliphatic rings. The van der Waals surface area contributed by atoms with E-state index in [1.807, 2.05) is 0 Å². The zero-order valence-electron chi connectivity index (χ0n) is 12.2. The molecule has 2 aromatic rings. The minimum atomic E-state index is -3.00. The Morgan fingerprint density at radius 2 is 2.08 bits per heavy atom. The monoisotopic (exact) mass is 364 g/mol. The van der Waals surface area contributed by atoms with E-state index in [0.717, 1.165) is 4.68 Å². The number of ether oxygens (including phenoxy) is 2. The van der Waals surface area contributed by atoms with Crippen LogP contribution >= 0.6 is 12.2 Å². The second-order valence-electron chi connectivity index (χ2n) is 4.26. The molecule has 11 heteroatoms. The van der Waals surface area contributed by atoms with Crippen LogP contribution in [0.25, 0.3) is 0 Å². The van der Waals surface area contributed by atoms with Gasteiger partial charge in [0.05, 0.1) is 12.8 Å². The van der Waals surface area contributed by atoms with Crippen LogP contribution in [0.3, 0.4) is 0 Å². The standard InChI is InChI=1S/C13H12F4N4O2S/c1-2-22-9-5-7(3-4-8(9)23-12(16)17)6-18-21-11(10(14)15)19-20-13(21)24/h3-6,10,12H,2H2,1H3,(H,20,24). The van der Waals surface area contributed by atoms with E-state index in [-0.39, 0.29) is 22.9 Å². The third-order valence-corrected chi connectivity index (χ3v) is 2.94. The first kappa shape index (κ1) is 17.9. The quantitative estimate of drug-likeness (QED) is 0.462. The number of benzene rings is 1. The van der Waals surface area contributed by atoms with Crippen LogP contribution in [-0.2, 0) is 0 Å². The highest BCUT2D eigenvalue weighted by molar-refractivity contribution is 7.71. The highest BCUT2D eigenvalue weighted by Gasteiger charge is 2.16. The van der Waals surface area contributed by atoms with Gasteiger partial charge in [-0.1, -0.05) is 0 Å². The maximum absolute atomic E-state index is 12.8. The van der Waals surface area contributed by atoms with Crippen LogP contribution in [0.1, 0.15) is 24.7 Å². The number of alkyl halides is 4. The molecule has 2 rings (SSSR count). The summed E-state index contributed by atoms with van der Waals surface area (Å²) in [6.45, 7) is -1.10. The summed E-state index contributed by atoms with van der Waals surface area (Å²) in [5, 5.41) is 9.40. The molecular weight excluding hydrogens is 352 g/mol. The first-order valence-electron chi connectivity index (χ1n) is 6.63. The molecule has 1 aromatic carbocycles. The Labute approximate surface area is 138 Å². The van der Waals surface area contributed by atoms with E-state index >= 15 is 0 Å². The molecule has 0 saturated heterocycles. The second kappa shape index (κ2) is 7.90. The van der Waals surface area contributed by atoms with Gasteiger partial charge in [0.25, 0.3) is 6.43 Å². The van der Waals surface area contributed by atoms with E-state index in [2.05, 4.69) is 20.0 Å². The van der Waals surface area contributed by atoms with Crippen LogP contribution in [0.4, 0.5) is 17.6 Å². The van der Waals surface area contributed by atoms with Gasteiger partial charge in [0.2, 0.25) is 10.6 Å². The van der Waals surface area contributed by atoms with Gasteiger partial charge in [-0.3, -0.25) is 0 Å². The molecule has 0 saturated carbocycles. The van der Waals surface area contributed by atoms with Crippen LogP contribution in [0.5, 0.6) is 11.5 Å². The van der Waals surface area contributed by atoms with Crippen molar-refractivity contribution < 1.29 is 27.0 Å². The molecule has 1 heterocycles. The van der Waals surface area contributed by atoms with E-state index in [1.165, 1.54) is 24.4 Å². The molecule has 0 fully saturated rings. The molecule has 130 valence electrons. The van der Waals surface area contributed by atoms with Crippen molar-refractivity contribution in [1.82, 2.24) is 14.9 Å². The van der Waals surface area contributed by atoms with Crippen LogP contribution < -0.4 is 9.47 Å². The molecule has 1 N–H and O–H groups in total. The Hall–Kier alpha value is -2.43. The minimum Gasteiger partial charge on any atom is -0.490 e. The number of H-pyrrole nitrogens is 1. The van der Waals surface area contributed by atoms with Crippen molar-refractivity contribution in [3.05, 3.63) is 34.4 Å². The summed E-state index contributed by atoms with van der Waals surface area (Å²) in [4.78, 5) is 0. The zero-order chi connectivity index (χ0) is 17.7. The van der Waals surface area contributed by atoms with Gasteiger partial charge in [0.1, 0.15) is 0 Å². The van der Waals surface area contributed by atoms with E-state index in [4.69, 9.17) is 17.0 Å². The average Bonchev–Trinajstić information content (AvgIpc) is 2.88. The molecular formula is C13H12F4N4O2S. The smallest absolute Gasteiger partial charge is 0.387 e. The van der Waals surface area contributed by atoms with Crippen LogP contribution in [0.2, 0.25) is 0 Å². The summed E-state index contributed by atoms with van der Waals surface area (Å²) in [5.74, 6) is -0.706. The lowest BCUT2D eigenvalue weighted by Gasteiger charge is -2.11. The van der Waals surface area contributed by atoms with Crippen molar-refractivity contribution in [2.45, 2.75) is 20.0 Å². The average molecular weight is 364 g/mol. The SMILES string of the molecule is CCOc1cc(C=Nn2c(C(F)F)n[nH]c2=S)ccc1OC(F)F. The van der Waals surface area contributed by atoms with Gasteiger partial charge in [-0.2, -0.15) is 23.7 Å². The van der Waals surface area contributed by atoms with Crippen LogP contribution in [0.15, 0.2) is 23.3 Å². The molecule has 0 aliphatic heterocycles. The number of halogens is 4. The summed E-state index contributed by atoms with van der Waals surface area (Å²) in [5.41, 5.74) is 0.406. The van der Waals surface area contributed by atoms with Crippen molar-refractivity contribution in [3.63, 3.8) is 0 Å². The number of aromatic nitrogens is 3. The fourth-order valence-electron chi connectivity index (χ4n) is 1.75. The minimum absolute atomic E-state index is 0.0756. The Balaban J connectivity index is 2.31. The van der Waals surface area contributed by atoms with Crippen molar-refractivity contribution in [1.29, 1.82) is 0 Å². The van der Waals surface area contributed by atoms with E-state index in [1.54, 1.807) is 6.92 Å². The van der Waals surface area contributed by atoms with E-state index < -0.39 is 18.9 Å². The number of rotatable bonds is 7. The van der Waals surface area contributed by atoms with Crippen molar-refractivity contribution in [2.75, 3.05) is 6.61 Å². The number of nitrogens with zero attached hydrogens (tertiary/aromatic N) is 3. The molecule has 0 amide bonds. The first-order chi connectivity index (χ1) is 11.4.